The summed E-state index contributed by atoms with van der Waals surface area (Å²) in [6, 6.07) is 2.71. The molecule has 0 aliphatic carbocycles. The molecule has 27 heavy (non-hydrogen) atoms. The zero-order chi connectivity index (χ0) is 19.6. The summed E-state index contributed by atoms with van der Waals surface area (Å²) in [4.78, 5) is 17.2. The third kappa shape index (κ3) is 4.14. The zero-order valence-electron chi connectivity index (χ0n) is 15.0. The van der Waals surface area contributed by atoms with Crippen molar-refractivity contribution < 1.29 is 13.6 Å². The molecule has 1 aliphatic rings. The lowest BCUT2D eigenvalue weighted by molar-refractivity contribution is 0.101. The molecule has 3 N–H and O–H groups in total. The Morgan fingerprint density at radius 1 is 1.52 bits per heavy atom. The average Bonchev–Trinajstić information content (AvgIpc) is 2.88. The van der Waals surface area contributed by atoms with Gasteiger partial charge in [0.05, 0.1) is 4.90 Å². The fourth-order valence-corrected chi connectivity index (χ4v) is 4.27. The molecule has 2 aromatic heterocycles. The Morgan fingerprint density at radius 3 is 3.00 bits per heavy atom. The maximum Gasteiger partial charge on any atom is 0.280 e. The third-order valence-corrected chi connectivity index (χ3v) is 5.55. The van der Waals surface area contributed by atoms with Crippen LogP contribution in [0.4, 0.5) is 14.5 Å². The minimum atomic E-state index is -2.71. The van der Waals surface area contributed by atoms with Crippen molar-refractivity contribution in [2.45, 2.75) is 37.1 Å². The highest BCUT2D eigenvalue weighted by molar-refractivity contribution is 7.84. The number of nitrogens with zero attached hydrogens (tertiary/aromatic N) is 2. The molecule has 0 bridgehead atoms. The van der Waals surface area contributed by atoms with Crippen LogP contribution in [-0.2, 0) is 17.9 Å². The molecule has 0 fully saturated rings. The number of hydrogen-bond donors (Lipinski definition) is 3. The summed E-state index contributed by atoms with van der Waals surface area (Å²) >= 11 is 0. The molecule has 0 aromatic carbocycles. The van der Waals surface area contributed by atoms with Crippen molar-refractivity contribution in [2.75, 3.05) is 5.32 Å². The quantitative estimate of drug-likeness (QED) is 0.717. The second-order valence-electron chi connectivity index (χ2n) is 6.27. The number of alkyl halides is 2. The number of carbonyl (C=O) groups is 1. The Kier molecular flexibility index (Phi) is 5.81. The van der Waals surface area contributed by atoms with Crippen LogP contribution in [0.25, 0.3) is 6.08 Å². The molecule has 3 heterocycles. The third-order valence-electron chi connectivity index (χ3n) is 4.25. The van der Waals surface area contributed by atoms with Gasteiger partial charge in [-0.15, -0.1) is 0 Å². The molecule has 2 unspecified atom stereocenters. The van der Waals surface area contributed by atoms with E-state index in [1.807, 2.05) is 12.2 Å². The molecule has 1 amide bonds. The summed E-state index contributed by atoms with van der Waals surface area (Å²) in [7, 11) is 0.782. The van der Waals surface area contributed by atoms with Crippen molar-refractivity contribution in [3.05, 3.63) is 47.6 Å². The number of aromatic nitrogens is 2. The topological polar surface area (TPSA) is 82.8 Å². The lowest BCUT2D eigenvalue weighted by Gasteiger charge is -2.12. The van der Waals surface area contributed by atoms with Crippen LogP contribution < -0.4 is 10.0 Å². The number of halogens is 2. The van der Waals surface area contributed by atoms with Crippen LogP contribution >= 0.6 is 0 Å². The van der Waals surface area contributed by atoms with Crippen molar-refractivity contribution in [2.24, 2.45) is 7.05 Å². The standard InChI is InChI=1S/C18H21F2N5OS/c1-3-4-11-5-6-13-15(27(21)24-11)10-25(2)16(13)18(26)23-12-7-8-22-14(9-12)17(19)20/h5-11,17H,3-4H2,1-2H3,(H2,21,24)(H,22,23,26). The Morgan fingerprint density at radius 2 is 2.30 bits per heavy atom. The minimum Gasteiger partial charge on any atom is -0.345 e. The molecule has 0 saturated carbocycles. The number of fused-ring (bicyclic) bond motifs is 1. The number of aryl methyl sites for hydroxylation is 1. The van der Waals surface area contributed by atoms with Crippen molar-refractivity contribution in [1.29, 1.82) is 4.78 Å². The minimum absolute atomic E-state index is 0.0817. The van der Waals surface area contributed by atoms with Crippen LogP contribution in [0.15, 0.2) is 35.5 Å². The van der Waals surface area contributed by atoms with Crippen molar-refractivity contribution in [1.82, 2.24) is 14.3 Å². The Hall–Kier alpha value is -2.39. The first-order chi connectivity index (χ1) is 12.9. The van der Waals surface area contributed by atoms with Crippen LogP contribution in [-0.4, -0.2) is 21.5 Å². The monoisotopic (exact) mass is 393 g/mol. The van der Waals surface area contributed by atoms with Gasteiger partial charge >= 0.3 is 0 Å². The molecule has 144 valence electrons. The van der Waals surface area contributed by atoms with Crippen molar-refractivity contribution in [3.63, 3.8) is 0 Å². The van der Waals surface area contributed by atoms with E-state index >= 15 is 0 Å². The van der Waals surface area contributed by atoms with Crippen LogP contribution in [0.1, 0.15) is 47.9 Å². The fraction of sp³-hybridized carbons (Fsp3) is 0.333. The molecule has 2 atom stereocenters. The lowest BCUT2D eigenvalue weighted by atomic mass is 10.1. The average molecular weight is 393 g/mol. The normalized spacial score (nSPS) is 19.0. The van der Waals surface area contributed by atoms with Crippen LogP contribution in [0.3, 0.4) is 0 Å². The first kappa shape index (κ1) is 19.4. The van der Waals surface area contributed by atoms with Gasteiger partial charge in [0, 0.05) is 36.7 Å². The highest BCUT2D eigenvalue weighted by Gasteiger charge is 2.24. The molecule has 6 nitrogen and oxygen atoms in total. The number of pyridine rings is 1. The van der Waals surface area contributed by atoms with E-state index in [0.717, 1.165) is 23.8 Å². The highest BCUT2D eigenvalue weighted by Crippen LogP contribution is 2.26. The highest BCUT2D eigenvalue weighted by atomic mass is 32.2. The van der Waals surface area contributed by atoms with Gasteiger partial charge in [0.25, 0.3) is 12.3 Å². The number of anilines is 1. The lowest BCUT2D eigenvalue weighted by Crippen LogP contribution is -2.27. The second-order valence-corrected chi connectivity index (χ2v) is 7.56. The fourth-order valence-electron chi connectivity index (χ4n) is 2.99. The van der Waals surface area contributed by atoms with E-state index in [1.165, 1.54) is 12.3 Å². The largest absolute Gasteiger partial charge is 0.345 e. The number of nitrogens with one attached hydrogen (secondary N) is 3. The first-order valence-electron chi connectivity index (χ1n) is 8.55. The van der Waals surface area contributed by atoms with E-state index in [0.29, 0.717) is 11.3 Å². The van der Waals surface area contributed by atoms with E-state index in [9.17, 15) is 13.6 Å². The maximum atomic E-state index is 12.8. The molecule has 0 saturated heterocycles. The number of rotatable bonds is 5. The van der Waals surface area contributed by atoms with Crippen LogP contribution in [0, 0.1) is 4.78 Å². The maximum absolute atomic E-state index is 12.8. The van der Waals surface area contributed by atoms with E-state index in [4.69, 9.17) is 4.78 Å². The van der Waals surface area contributed by atoms with Crippen molar-refractivity contribution >= 4 is 28.5 Å². The van der Waals surface area contributed by atoms with Gasteiger partial charge in [0.1, 0.15) is 11.4 Å². The van der Waals surface area contributed by atoms with Gasteiger partial charge in [-0.25, -0.2) is 13.5 Å². The van der Waals surface area contributed by atoms with Gasteiger partial charge in [-0.2, -0.15) is 0 Å². The van der Waals surface area contributed by atoms with Gasteiger partial charge in [-0.05, 0) is 29.4 Å². The smallest absolute Gasteiger partial charge is 0.280 e. The molecule has 3 rings (SSSR count). The Labute approximate surface area is 158 Å². The molecular weight excluding hydrogens is 372 g/mol. The van der Waals surface area contributed by atoms with E-state index in [1.54, 1.807) is 17.8 Å². The Balaban J connectivity index is 1.92. The number of hydrogen-bond acceptors (Lipinski definition) is 3. The van der Waals surface area contributed by atoms with E-state index in [-0.39, 0.29) is 11.7 Å². The van der Waals surface area contributed by atoms with Gasteiger partial charge in [-0.1, -0.05) is 25.5 Å². The van der Waals surface area contributed by atoms with Gasteiger partial charge in [-0.3, -0.25) is 14.6 Å². The molecule has 0 radical (unpaired) electrons. The zero-order valence-corrected chi connectivity index (χ0v) is 15.8. The summed E-state index contributed by atoms with van der Waals surface area (Å²) in [6.07, 6.45) is 6.04. The first-order valence-corrected chi connectivity index (χ1v) is 9.77. The van der Waals surface area contributed by atoms with Crippen LogP contribution in [0.2, 0.25) is 0 Å². The predicted octanol–water partition coefficient (Wildman–Crippen LogP) is 4.05. The molecule has 2 aromatic rings. The number of carbonyl (C=O) groups excluding carboxylic acids is 1. The van der Waals surface area contributed by atoms with Crippen LogP contribution in [0.5, 0.6) is 0 Å². The predicted molar refractivity (Wildman–Crippen MR) is 102 cm³/mol. The summed E-state index contributed by atoms with van der Waals surface area (Å²) in [6.45, 7) is 2.08. The second kappa shape index (κ2) is 8.10. The van der Waals surface area contributed by atoms with Gasteiger partial charge < -0.3 is 9.88 Å². The summed E-state index contributed by atoms with van der Waals surface area (Å²) in [5, 5.41) is 2.66. The van der Waals surface area contributed by atoms with E-state index in [2.05, 4.69) is 21.9 Å². The summed E-state index contributed by atoms with van der Waals surface area (Å²) in [5.74, 6) is -0.416. The van der Waals surface area contributed by atoms with Gasteiger partial charge in [0.2, 0.25) is 0 Å². The van der Waals surface area contributed by atoms with Gasteiger partial charge in [0.15, 0.2) is 0 Å². The molecule has 1 aliphatic heterocycles. The summed E-state index contributed by atoms with van der Waals surface area (Å²) < 4.78 is 38.9. The molecular formula is C18H21F2N5OS. The molecule has 9 heteroatoms. The van der Waals surface area contributed by atoms with Crippen molar-refractivity contribution in [3.8, 4) is 0 Å². The van der Waals surface area contributed by atoms with E-state index < -0.39 is 28.9 Å². The Bertz CT molecular complexity index is 909. The summed E-state index contributed by atoms with van der Waals surface area (Å²) in [5.41, 5.74) is 0.936. The SMILES string of the molecule is CCCC1C=Cc2c(cn(C)c2C(=O)Nc2ccnc(C(F)F)c2)S(=N)N1. The molecule has 0 spiro atoms. The number of amides is 1.